The molecule has 1 aliphatic rings. The van der Waals surface area contributed by atoms with Crippen molar-refractivity contribution >= 4 is 11.6 Å². The van der Waals surface area contributed by atoms with Crippen LogP contribution in [0.1, 0.15) is 28.8 Å². The quantitative estimate of drug-likeness (QED) is 0.665. The van der Waals surface area contributed by atoms with Crippen molar-refractivity contribution < 1.29 is 23.7 Å². The lowest BCUT2D eigenvalue weighted by Gasteiger charge is -2.17. The molecular weight excluding hydrogens is 358 g/mol. The summed E-state index contributed by atoms with van der Waals surface area (Å²) in [6.07, 6.45) is 2.17. The van der Waals surface area contributed by atoms with Gasteiger partial charge < -0.3 is 24.3 Å². The molecule has 1 amide bonds. The van der Waals surface area contributed by atoms with Crippen LogP contribution in [-0.4, -0.2) is 45.5 Å². The van der Waals surface area contributed by atoms with E-state index in [2.05, 4.69) is 5.32 Å². The molecule has 2 aromatic carbocycles. The number of methoxy groups -OCH3 is 1. The first-order chi connectivity index (χ1) is 13.7. The summed E-state index contributed by atoms with van der Waals surface area (Å²) >= 11 is 0. The molecule has 0 bridgehead atoms. The number of ether oxygens (including phenoxy) is 4. The number of carbonyl (C=O) groups excluding carboxylic acids is 1. The van der Waals surface area contributed by atoms with Crippen molar-refractivity contribution in [1.82, 2.24) is 0 Å². The van der Waals surface area contributed by atoms with E-state index in [9.17, 15) is 4.79 Å². The van der Waals surface area contributed by atoms with Gasteiger partial charge in [0.15, 0.2) is 0 Å². The van der Waals surface area contributed by atoms with Crippen LogP contribution in [0.4, 0.5) is 5.69 Å². The van der Waals surface area contributed by atoms with Crippen molar-refractivity contribution in [2.75, 3.05) is 38.9 Å². The monoisotopic (exact) mass is 385 g/mol. The lowest BCUT2D eigenvalue weighted by Crippen LogP contribution is -2.18. The van der Waals surface area contributed by atoms with Crippen LogP contribution in [0.2, 0.25) is 0 Å². The first-order valence-electron chi connectivity index (χ1n) is 9.54. The molecule has 0 aliphatic carbocycles. The fourth-order valence-electron chi connectivity index (χ4n) is 3.02. The van der Waals surface area contributed by atoms with E-state index in [-0.39, 0.29) is 12.0 Å². The minimum atomic E-state index is -0.251. The van der Waals surface area contributed by atoms with E-state index in [0.717, 1.165) is 25.0 Å². The summed E-state index contributed by atoms with van der Waals surface area (Å²) in [5.74, 6) is 0.909. The zero-order chi connectivity index (χ0) is 19.8. The summed E-state index contributed by atoms with van der Waals surface area (Å²) in [4.78, 5) is 12.9. The van der Waals surface area contributed by atoms with Gasteiger partial charge >= 0.3 is 0 Å². The highest BCUT2D eigenvalue weighted by Gasteiger charge is 2.18. The summed E-state index contributed by atoms with van der Waals surface area (Å²) in [7, 11) is 1.61. The first kappa shape index (κ1) is 20.2. The van der Waals surface area contributed by atoms with E-state index < -0.39 is 0 Å². The minimum absolute atomic E-state index is 0.110. The number of hydrogen-bond acceptors (Lipinski definition) is 5. The molecule has 3 rings (SSSR count). The third kappa shape index (κ3) is 5.47. The minimum Gasteiger partial charge on any atom is -0.490 e. The van der Waals surface area contributed by atoms with Gasteiger partial charge in [-0.15, -0.1) is 0 Å². The largest absolute Gasteiger partial charge is 0.490 e. The van der Waals surface area contributed by atoms with Gasteiger partial charge in [-0.1, -0.05) is 18.2 Å². The Bertz CT molecular complexity index is 786. The zero-order valence-corrected chi connectivity index (χ0v) is 16.4. The predicted molar refractivity (Wildman–Crippen MR) is 107 cm³/mol. The van der Waals surface area contributed by atoms with Gasteiger partial charge in [-0.05, 0) is 49.6 Å². The van der Waals surface area contributed by atoms with Gasteiger partial charge in [0.05, 0.1) is 24.0 Å². The molecule has 2 aromatic rings. The lowest BCUT2D eigenvalue weighted by molar-refractivity contribution is 0.0681. The Labute approximate surface area is 165 Å². The maximum atomic E-state index is 12.9. The normalized spacial score (nSPS) is 16.0. The Kier molecular flexibility index (Phi) is 7.28. The number of para-hydroxylation sites is 1. The maximum absolute atomic E-state index is 12.9. The van der Waals surface area contributed by atoms with Gasteiger partial charge in [-0.25, -0.2) is 0 Å². The molecule has 6 nitrogen and oxygen atoms in total. The van der Waals surface area contributed by atoms with Gasteiger partial charge in [0.25, 0.3) is 5.91 Å². The SMILES string of the molecule is COCCOc1ccccc1C(=O)Nc1ccc(C)cc1OCC1CCCO1. The van der Waals surface area contributed by atoms with Crippen molar-refractivity contribution in [3.63, 3.8) is 0 Å². The van der Waals surface area contributed by atoms with Crippen LogP contribution < -0.4 is 14.8 Å². The third-order valence-electron chi connectivity index (χ3n) is 4.51. The van der Waals surface area contributed by atoms with Crippen LogP contribution in [0, 0.1) is 6.92 Å². The van der Waals surface area contributed by atoms with Crippen LogP contribution in [0.3, 0.4) is 0 Å². The molecule has 0 aromatic heterocycles. The van der Waals surface area contributed by atoms with Gasteiger partial charge in [0.2, 0.25) is 0 Å². The van der Waals surface area contributed by atoms with Crippen molar-refractivity contribution in [3.05, 3.63) is 53.6 Å². The maximum Gasteiger partial charge on any atom is 0.259 e. The number of hydrogen-bond donors (Lipinski definition) is 1. The average molecular weight is 385 g/mol. The van der Waals surface area contributed by atoms with E-state index in [1.54, 1.807) is 19.2 Å². The number of rotatable bonds is 9. The fourth-order valence-corrected chi connectivity index (χ4v) is 3.02. The molecule has 1 saturated heterocycles. The standard InChI is InChI=1S/C22H27NO5/c1-16-9-10-19(21(14-16)28-15-17-6-5-11-26-17)23-22(24)18-7-3-4-8-20(18)27-13-12-25-2/h3-4,7-10,14,17H,5-6,11-13,15H2,1-2H3,(H,23,24). The summed E-state index contributed by atoms with van der Waals surface area (Å²) in [6, 6.07) is 12.9. The Morgan fingerprint density at radius 2 is 2.00 bits per heavy atom. The zero-order valence-electron chi connectivity index (χ0n) is 16.4. The predicted octanol–water partition coefficient (Wildman–Crippen LogP) is 3.83. The molecule has 6 heteroatoms. The van der Waals surface area contributed by atoms with Gasteiger partial charge in [0, 0.05) is 13.7 Å². The van der Waals surface area contributed by atoms with Gasteiger partial charge in [-0.3, -0.25) is 4.79 Å². The number of anilines is 1. The highest BCUT2D eigenvalue weighted by Crippen LogP contribution is 2.28. The van der Waals surface area contributed by atoms with Crippen LogP contribution in [0.15, 0.2) is 42.5 Å². The Morgan fingerprint density at radius 3 is 2.79 bits per heavy atom. The molecule has 0 spiro atoms. The second-order valence-corrected chi connectivity index (χ2v) is 6.74. The van der Waals surface area contributed by atoms with E-state index >= 15 is 0 Å². The number of amides is 1. The average Bonchev–Trinajstić information content (AvgIpc) is 3.22. The van der Waals surface area contributed by atoms with Crippen LogP contribution in [0.5, 0.6) is 11.5 Å². The lowest BCUT2D eigenvalue weighted by atomic mass is 10.1. The second kappa shape index (κ2) is 10.1. The molecule has 28 heavy (non-hydrogen) atoms. The Hall–Kier alpha value is -2.57. The second-order valence-electron chi connectivity index (χ2n) is 6.74. The molecule has 1 heterocycles. The molecule has 0 saturated carbocycles. The number of carbonyl (C=O) groups is 1. The fraction of sp³-hybridized carbons (Fsp3) is 0.409. The Morgan fingerprint density at radius 1 is 1.14 bits per heavy atom. The first-order valence-corrected chi connectivity index (χ1v) is 9.54. The number of aryl methyl sites for hydroxylation is 1. The highest BCUT2D eigenvalue weighted by molar-refractivity contribution is 6.06. The number of benzene rings is 2. The molecule has 0 radical (unpaired) electrons. The molecule has 1 aliphatic heterocycles. The highest BCUT2D eigenvalue weighted by atomic mass is 16.5. The Balaban J connectivity index is 1.71. The van der Waals surface area contributed by atoms with Gasteiger partial charge in [-0.2, -0.15) is 0 Å². The topological polar surface area (TPSA) is 66.0 Å². The molecule has 150 valence electrons. The molecule has 1 fully saturated rings. The van der Waals surface area contributed by atoms with E-state index in [1.807, 2.05) is 37.3 Å². The summed E-state index contributed by atoms with van der Waals surface area (Å²) < 4.78 is 22.2. The van der Waals surface area contributed by atoms with Crippen molar-refractivity contribution in [3.8, 4) is 11.5 Å². The van der Waals surface area contributed by atoms with Crippen molar-refractivity contribution in [1.29, 1.82) is 0 Å². The van der Waals surface area contributed by atoms with Crippen molar-refractivity contribution in [2.45, 2.75) is 25.9 Å². The van der Waals surface area contributed by atoms with Crippen LogP contribution in [-0.2, 0) is 9.47 Å². The van der Waals surface area contributed by atoms with Gasteiger partial charge in [0.1, 0.15) is 24.7 Å². The van der Waals surface area contributed by atoms with Crippen LogP contribution >= 0.6 is 0 Å². The smallest absolute Gasteiger partial charge is 0.259 e. The van der Waals surface area contributed by atoms with Crippen molar-refractivity contribution in [2.24, 2.45) is 0 Å². The summed E-state index contributed by atoms with van der Waals surface area (Å²) in [6.45, 7) is 4.08. The molecular formula is C22H27NO5. The van der Waals surface area contributed by atoms with E-state index in [0.29, 0.717) is 42.6 Å². The van der Waals surface area contributed by atoms with Crippen LogP contribution in [0.25, 0.3) is 0 Å². The summed E-state index contributed by atoms with van der Waals surface area (Å²) in [5, 5.41) is 2.94. The molecule has 1 unspecified atom stereocenters. The summed E-state index contributed by atoms with van der Waals surface area (Å²) in [5.41, 5.74) is 2.15. The molecule has 1 atom stereocenters. The number of nitrogens with one attached hydrogen (secondary N) is 1. The van der Waals surface area contributed by atoms with E-state index in [1.165, 1.54) is 0 Å². The van der Waals surface area contributed by atoms with E-state index in [4.69, 9.17) is 18.9 Å². The third-order valence-corrected chi connectivity index (χ3v) is 4.51. The molecule has 1 N–H and O–H groups in total.